The number of aliphatic hydroxyl groups excluding tert-OH is 1. The molecule has 0 spiro atoms. The van der Waals surface area contributed by atoms with Gasteiger partial charge in [0.15, 0.2) is 47.6 Å². The second kappa shape index (κ2) is 14.6. The number of hydrogen-bond acceptors (Lipinski definition) is 16. The number of hydrogen-bond donors (Lipinski definition) is 4. The van der Waals surface area contributed by atoms with E-state index < -0.39 is 126 Å². The molecule has 8 aliphatic rings. The molecule has 5 heterocycles. The number of allylic oxidation sites excluding steroid dienone is 2. The molecular formula is C43H50O16. The van der Waals surface area contributed by atoms with Crippen molar-refractivity contribution >= 4 is 23.1 Å². The fourth-order valence-electron chi connectivity index (χ4n) is 10.1. The van der Waals surface area contributed by atoms with Crippen LogP contribution in [0.1, 0.15) is 106 Å². The van der Waals surface area contributed by atoms with Gasteiger partial charge in [0.25, 0.3) is 0 Å². The fourth-order valence-corrected chi connectivity index (χ4v) is 10.1. The van der Waals surface area contributed by atoms with Crippen LogP contribution in [0, 0.1) is 0 Å². The van der Waals surface area contributed by atoms with E-state index in [1.165, 1.54) is 24.3 Å². The van der Waals surface area contributed by atoms with Gasteiger partial charge in [-0.15, -0.1) is 0 Å². The van der Waals surface area contributed by atoms with E-state index in [2.05, 4.69) is 0 Å². The van der Waals surface area contributed by atoms with Crippen LogP contribution in [-0.2, 0) is 47.5 Å². The number of aromatic hydroxyl groups is 1. The minimum absolute atomic E-state index is 0.148. The van der Waals surface area contributed by atoms with Gasteiger partial charge in [-0.2, -0.15) is 0 Å². The maximum Gasteiger partial charge on any atom is 0.198 e. The maximum absolute atomic E-state index is 14.4. The third-order valence-corrected chi connectivity index (χ3v) is 13.3. The van der Waals surface area contributed by atoms with Gasteiger partial charge in [0.2, 0.25) is 0 Å². The standard InChI is InChI=1S/C43H50O16/c1-18-25(44)8-10-32(53-18)57-27-9-11-33(54-20(27)3)59-41(5)16-31(46)43(51)35-24(12-13-42(43,50)17-41)37(48)34-23(38(35)49)7-6-22(36(34)47)28-15-29-39(21(4)52-28)58-40-30(56-29)14-26(45)19(2)55-40/h6-8,10,12-13,18-21,26-30,32-33,39-40,45,47,50-51H,9,11,14-17H2,1-5H3/t18-,19-,20-,21-,26+,27+,28-,29-,30+,32-,33-,39+,40+,41+,42-,43+/m0/s1. The van der Waals surface area contributed by atoms with Crippen molar-refractivity contribution in [2.75, 3.05) is 0 Å². The zero-order valence-electron chi connectivity index (χ0n) is 33.4. The molecule has 0 bridgehead atoms. The average molecular weight is 823 g/mol. The lowest BCUT2D eigenvalue weighted by Gasteiger charge is -2.53. The Morgan fingerprint density at radius 3 is 2.36 bits per heavy atom. The van der Waals surface area contributed by atoms with Crippen LogP contribution in [0.5, 0.6) is 5.75 Å². The van der Waals surface area contributed by atoms with Crippen molar-refractivity contribution < 1.29 is 77.5 Å². The minimum Gasteiger partial charge on any atom is -0.507 e. The lowest BCUT2D eigenvalue weighted by atomic mass is 9.57. The number of fused-ring (bicyclic) bond motifs is 5. The zero-order chi connectivity index (χ0) is 41.9. The molecule has 1 saturated carbocycles. The number of Topliss-reactive ketones (excluding diaryl/α,β-unsaturated/α-hetero) is 3. The van der Waals surface area contributed by atoms with Gasteiger partial charge in [0.05, 0.1) is 59.5 Å². The molecule has 5 fully saturated rings. The van der Waals surface area contributed by atoms with Crippen LogP contribution in [0.25, 0.3) is 0 Å². The first-order valence-electron chi connectivity index (χ1n) is 20.4. The Bertz CT molecular complexity index is 2060. The van der Waals surface area contributed by atoms with Gasteiger partial charge < -0.3 is 58.3 Å². The number of benzene rings is 1. The summed E-state index contributed by atoms with van der Waals surface area (Å²) < 4.78 is 48.8. The smallest absolute Gasteiger partial charge is 0.198 e. The number of rotatable bonds is 5. The van der Waals surface area contributed by atoms with Crippen molar-refractivity contribution in [2.45, 2.75) is 170 Å². The molecule has 9 rings (SSSR count). The van der Waals surface area contributed by atoms with Crippen LogP contribution >= 0.6 is 0 Å². The Morgan fingerprint density at radius 1 is 0.831 bits per heavy atom. The Kier molecular flexibility index (Phi) is 10.1. The van der Waals surface area contributed by atoms with E-state index in [4.69, 9.17) is 37.9 Å². The number of phenolic OH excluding ortho intramolecular Hbond substituents is 1. The summed E-state index contributed by atoms with van der Waals surface area (Å²) in [6.45, 7) is 8.63. The summed E-state index contributed by atoms with van der Waals surface area (Å²) in [6.07, 6.45) is -1.63. The normalized spacial score (nSPS) is 45.7. The van der Waals surface area contributed by atoms with Crippen molar-refractivity contribution in [1.82, 2.24) is 0 Å². The molecule has 3 aliphatic carbocycles. The lowest BCUT2D eigenvalue weighted by molar-refractivity contribution is -0.365. The van der Waals surface area contributed by atoms with E-state index >= 15 is 0 Å². The van der Waals surface area contributed by atoms with Crippen LogP contribution in [0.4, 0.5) is 0 Å². The Labute approximate surface area is 340 Å². The Balaban J connectivity index is 0.910. The highest BCUT2D eigenvalue weighted by atomic mass is 16.7. The zero-order valence-corrected chi connectivity index (χ0v) is 33.4. The predicted molar refractivity (Wildman–Crippen MR) is 200 cm³/mol. The van der Waals surface area contributed by atoms with Crippen molar-refractivity contribution in [1.29, 1.82) is 0 Å². The molecule has 1 aromatic rings. The van der Waals surface area contributed by atoms with Crippen molar-refractivity contribution in [2.24, 2.45) is 0 Å². The van der Waals surface area contributed by atoms with E-state index in [0.29, 0.717) is 19.3 Å². The van der Waals surface area contributed by atoms with E-state index in [1.807, 2.05) is 0 Å². The SMILES string of the molecule is C[C@@H]1O[C@@H](O[C@@H]2CC[C@H](O[C@]3(C)CC(=O)[C@@]4(O)C5=C(C=C[C@]4(O)C3)C(=O)c3c(ccc([C@@H]4C[C@@H]6O[C@@H]7C[C@@H](O)[C@H](C)O[C@@H]7O[C@@H]6[C@H](C)O4)c3O)C5=O)O[C@H]2C)C=CC1=O. The Hall–Kier alpha value is -3.52. The van der Waals surface area contributed by atoms with E-state index in [0.717, 1.165) is 6.08 Å². The van der Waals surface area contributed by atoms with Crippen molar-refractivity contribution in [3.8, 4) is 5.75 Å². The summed E-state index contributed by atoms with van der Waals surface area (Å²) in [6, 6.07) is 2.82. The Morgan fingerprint density at radius 2 is 1.61 bits per heavy atom. The van der Waals surface area contributed by atoms with Crippen LogP contribution in [-0.4, -0.2) is 134 Å². The fraction of sp³-hybridized carbons (Fsp3) is 0.628. The number of ether oxygens (including phenoxy) is 8. The monoisotopic (exact) mass is 822 g/mol. The van der Waals surface area contributed by atoms with Gasteiger partial charge >= 0.3 is 0 Å². The predicted octanol–water partition coefficient (Wildman–Crippen LogP) is 2.52. The van der Waals surface area contributed by atoms with Gasteiger partial charge in [-0.25, -0.2) is 0 Å². The van der Waals surface area contributed by atoms with Gasteiger partial charge in [-0.05, 0) is 65.3 Å². The van der Waals surface area contributed by atoms with Gasteiger partial charge in [-0.3, -0.25) is 19.2 Å². The highest BCUT2D eigenvalue weighted by Gasteiger charge is 2.67. The molecule has 318 valence electrons. The molecular weight excluding hydrogens is 772 g/mol. The summed E-state index contributed by atoms with van der Waals surface area (Å²) in [4.78, 5) is 54.6. The first kappa shape index (κ1) is 40.9. The lowest BCUT2D eigenvalue weighted by Crippen LogP contribution is -2.69. The second-order valence-corrected chi connectivity index (χ2v) is 17.5. The van der Waals surface area contributed by atoms with Gasteiger partial charge in [-0.1, -0.05) is 12.1 Å². The van der Waals surface area contributed by atoms with Crippen LogP contribution in [0.3, 0.4) is 0 Å². The molecule has 4 N–H and O–H groups in total. The van der Waals surface area contributed by atoms with E-state index in [-0.39, 0.29) is 47.0 Å². The third kappa shape index (κ3) is 6.63. The largest absolute Gasteiger partial charge is 0.507 e. The number of carbonyl (C=O) groups is 4. The number of aliphatic hydroxyl groups is 3. The molecule has 4 saturated heterocycles. The molecule has 16 heteroatoms. The third-order valence-electron chi connectivity index (χ3n) is 13.3. The summed E-state index contributed by atoms with van der Waals surface area (Å²) >= 11 is 0. The molecule has 0 amide bonds. The summed E-state index contributed by atoms with van der Waals surface area (Å²) in [7, 11) is 0. The molecule has 0 radical (unpaired) electrons. The van der Waals surface area contributed by atoms with Crippen molar-refractivity contribution in [3.63, 3.8) is 0 Å². The van der Waals surface area contributed by atoms with E-state index in [1.54, 1.807) is 40.7 Å². The van der Waals surface area contributed by atoms with Gasteiger partial charge in [0, 0.05) is 48.8 Å². The molecule has 16 atom stereocenters. The topological polar surface area (TPSA) is 223 Å². The molecule has 1 aromatic carbocycles. The summed E-state index contributed by atoms with van der Waals surface area (Å²) in [5, 5.41) is 46.5. The van der Waals surface area contributed by atoms with Crippen LogP contribution < -0.4 is 0 Å². The quantitative estimate of drug-likeness (QED) is 0.335. The minimum atomic E-state index is -2.80. The van der Waals surface area contributed by atoms with Crippen LogP contribution in [0.2, 0.25) is 0 Å². The van der Waals surface area contributed by atoms with Gasteiger partial charge in [0.1, 0.15) is 29.7 Å². The molecule has 59 heavy (non-hydrogen) atoms. The molecule has 16 nitrogen and oxygen atoms in total. The highest BCUT2D eigenvalue weighted by molar-refractivity contribution is 6.32. The van der Waals surface area contributed by atoms with E-state index in [9.17, 15) is 39.6 Å². The highest BCUT2D eigenvalue weighted by Crippen LogP contribution is 2.53. The molecule has 5 aliphatic heterocycles. The summed E-state index contributed by atoms with van der Waals surface area (Å²) in [5.41, 5.74) is -7.69. The summed E-state index contributed by atoms with van der Waals surface area (Å²) in [5.74, 6) is -3.25. The average Bonchev–Trinajstić information content (AvgIpc) is 3.16. The van der Waals surface area contributed by atoms with Crippen molar-refractivity contribution in [3.05, 3.63) is 64.3 Å². The number of carbonyl (C=O) groups excluding carboxylic acids is 4. The molecule has 0 aromatic heterocycles. The first-order valence-corrected chi connectivity index (χ1v) is 20.4. The number of ketones is 4. The number of phenols is 1. The maximum atomic E-state index is 14.4. The first-order chi connectivity index (χ1) is 27.9. The van der Waals surface area contributed by atoms with Crippen LogP contribution in [0.15, 0.2) is 47.6 Å². The molecule has 0 unspecified atom stereocenters. The second-order valence-electron chi connectivity index (χ2n) is 17.5.